The summed E-state index contributed by atoms with van der Waals surface area (Å²) in [6, 6.07) is 2.78. The summed E-state index contributed by atoms with van der Waals surface area (Å²) in [6.45, 7) is 1.94. The Kier molecular flexibility index (Phi) is 3.12. The Morgan fingerprint density at radius 2 is 1.92 bits per heavy atom. The number of halogens is 1. The van der Waals surface area contributed by atoms with Gasteiger partial charge in [-0.25, -0.2) is 4.39 Å². The van der Waals surface area contributed by atoms with E-state index in [2.05, 4.69) is 0 Å². The minimum atomic E-state index is -0.297. The molecule has 0 saturated heterocycles. The van der Waals surface area contributed by atoms with Crippen LogP contribution >= 0.6 is 0 Å². The van der Waals surface area contributed by atoms with Crippen molar-refractivity contribution >= 4 is 0 Å². The van der Waals surface area contributed by atoms with Gasteiger partial charge in [0.15, 0.2) is 11.5 Å². The number of hydrogen-bond acceptors (Lipinski definition) is 2. The molecule has 0 saturated carbocycles. The van der Waals surface area contributed by atoms with Crippen molar-refractivity contribution in [1.29, 1.82) is 0 Å². The van der Waals surface area contributed by atoms with Crippen LogP contribution < -0.4 is 9.47 Å². The average Bonchev–Trinajstić information content (AvgIpc) is 2.16. The Hall–Kier alpha value is -1.25. The Bertz CT molecular complexity index is 272. The third-order valence-corrected chi connectivity index (χ3v) is 1.90. The number of hydrogen-bond donors (Lipinski definition) is 0. The second kappa shape index (κ2) is 4.12. The maximum atomic E-state index is 13.0. The molecule has 0 radical (unpaired) electrons. The Morgan fingerprint density at radius 1 is 1.23 bits per heavy atom. The van der Waals surface area contributed by atoms with Gasteiger partial charge in [0.2, 0.25) is 0 Å². The van der Waals surface area contributed by atoms with Gasteiger partial charge in [0.25, 0.3) is 0 Å². The van der Waals surface area contributed by atoms with E-state index in [9.17, 15) is 4.39 Å². The standard InChI is InChI=1S/C10H13FO2/c1-4-7-5-8(11)6-9(12-2)10(7)13-3/h5-6H,4H2,1-3H3. The lowest BCUT2D eigenvalue weighted by Gasteiger charge is -2.11. The summed E-state index contributed by atoms with van der Waals surface area (Å²) in [4.78, 5) is 0. The van der Waals surface area contributed by atoms with E-state index >= 15 is 0 Å². The second-order valence-corrected chi connectivity index (χ2v) is 2.65. The molecule has 0 N–H and O–H groups in total. The quantitative estimate of drug-likeness (QED) is 0.718. The van der Waals surface area contributed by atoms with E-state index in [4.69, 9.17) is 9.47 Å². The molecule has 0 unspecified atom stereocenters. The first-order valence-electron chi connectivity index (χ1n) is 4.13. The molecule has 1 aromatic carbocycles. The summed E-state index contributed by atoms with van der Waals surface area (Å²) in [5.74, 6) is 0.764. The molecule has 2 nitrogen and oxygen atoms in total. The Labute approximate surface area is 77.3 Å². The van der Waals surface area contributed by atoms with Crippen molar-refractivity contribution in [3.05, 3.63) is 23.5 Å². The van der Waals surface area contributed by atoms with Crippen molar-refractivity contribution in [2.75, 3.05) is 14.2 Å². The summed E-state index contributed by atoms with van der Waals surface area (Å²) < 4.78 is 23.1. The van der Waals surface area contributed by atoms with Gasteiger partial charge < -0.3 is 9.47 Å². The summed E-state index contributed by atoms with van der Waals surface area (Å²) >= 11 is 0. The molecular weight excluding hydrogens is 171 g/mol. The summed E-state index contributed by atoms with van der Waals surface area (Å²) in [5.41, 5.74) is 0.819. The smallest absolute Gasteiger partial charge is 0.164 e. The van der Waals surface area contributed by atoms with Crippen molar-refractivity contribution < 1.29 is 13.9 Å². The largest absolute Gasteiger partial charge is 0.493 e. The third-order valence-electron chi connectivity index (χ3n) is 1.90. The highest BCUT2D eigenvalue weighted by Crippen LogP contribution is 2.32. The van der Waals surface area contributed by atoms with Crippen molar-refractivity contribution in [3.8, 4) is 11.5 Å². The second-order valence-electron chi connectivity index (χ2n) is 2.65. The molecule has 72 valence electrons. The van der Waals surface area contributed by atoms with E-state index in [1.165, 1.54) is 19.2 Å². The minimum Gasteiger partial charge on any atom is -0.493 e. The predicted octanol–water partition coefficient (Wildman–Crippen LogP) is 2.41. The van der Waals surface area contributed by atoms with Gasteiger partial charge in [-0.15, -0.1) is 0 Å². The van der Waals surface area contributed by atoms with Crippen LogP contribution in [0.15, 0.2) is 12.1 Å². The molecular formula is C10H13FO2. The zero-order valence-electron chi connectivity index (χ0n) is 8.06. The van der Waals surface area contributed by atoms with Gasteiger partial charge in [0, 0.05) is 11.6 Å². The zero-order valence-corrected chi connectivity index (χ0v) is 8.06. The molecule has 0 spiro atoms. The minimum absolute atomic E-state index is 0.297. The SMILES string of the molecule is CCc1cc(F)cc(OC)c1OC. The first kappa shape index (κ1) is 9.84. The van der Waals surface area contributed by atoms with Crippen LogP contribution in [0.5, 0.6) is 11.5 Å². The highest BCUT2D eigenvalue weighted by molar-refractivity contribution is 5.47. The first-order chi connectivity index (χ1) is 6.22. The number of ether oxygens (including phenoxy) is 2. The molecule has 0 heterocycles. The van der Waals surface area contributed by atoms with Gasteiger partial charge in [0.05, 0.1) is 14.2 Å². The van der Waals surface area contributed by atoms with Crippen molar-refractivity contribution in [3.63, 3.8) is 0 Å². The average molecular weight is 184 g/mol. The van der Waals surface area contributed by atoms with E-state index in [0.717, 1.165) is 12.0 Å². The molecule has 0 amide bonds. The molecule has 1 rings (SSSR count). The number of aryl methyl sites for hydroxylation is 1. The molecule has 0 aliphatic carbocycles. The lowest BCUT2D eigenvalue weighted by Crippen LogP contribution is -1.96. The van der Waals surface area contributed by atoms with Crippen molar-refractivity contribution in [2.45, 2.75) is 13.3 Å². The van der Waals surface area contributed by atoms with Crippen LogP contribution in [0.3, 0.4) is 0 Å². The van der Waals surface area contributed by atoms with Crippen LogP contribution in [0.25, 0.3) is 0 Å². The number of methoxy groups -OCH3 is 2. The highest BCUT2D eigenvalue weighted by atomic mass is 19.1. The van der Waals surface area contributed by atoms with Gasteiger partial charge in [-0.05, 0) is 12.5 Å². The van der Waals surface area contributed by atoms with Gasteiger partial charge in [0.1, 0.15) is 5.82 Å². The molecule has 0 fully saturated rings. The van der Waals surface area contributed by atoms with Crippen molar-refractivity contribution in [1.82, 2.24) is 0 Å². The fourth-order valence-corrected chi connectivity index (χ4v) is 1.27. The molecule has 0 aliphatic heterocycles. The van der Waals surface area contributed by atoms with Gasteiger partial charge in [-0.2, -0.15) is 0 Å². The lowest BCUT2D eigenvalue weighted by molar-refractivity contribution is 0.349. The Morgan fingerprint density at radius 3 is 2.38 bits per heavy atom. The summed E-state index contributed by atoms with van der Waals surface area (Å²) in [5, 5.41) is 0. The normalized spacial score (nSPS) is 9.85. The first-order valence-corrected chi connectivity index (χ1v) is 4.13. The van der Waals surface area contributed by atoms with E-state index in [1.807, 2.05) is 6.92 Å². The van der Waals surface area contributed by atoms with Crippen LogP contribution in [-0.4, -0.2) is 14.2 Å². The molecule has 0 bridgehead atoms. The summed E-state index contributed by atoms with van der Waals surface area (Å²) in [6.07, 6.45) is 0.720. The van der Waals surface area contributed by atoms with Crippen LogP contribution in [0.1, 0.15) is 12.5 Å². The van der Waals surface area contributed by atoms with E-state index < -0.39 is 0 Å². The van der Waals surface area contributed by atoms with E-state index in [-0.39, 0.29) is 5.82 Å². The van der Waals surface area contributed by atoms with E-state index in [0.29, 0.717) is 11.5 Å². The lowest BCUT2D eigenvalue weighted by atomic mass is 10.1. The molecule has 1 aromatic rings. The third kappa shape index (κ3) is 1.91. The van der Waals surface area contributed by atoms with Crippen LogP contribution in [0.4, 0.5) is 4.39 Å². The van der Waals surface area contributed by atoms with Crippen LogP contribution in [0, 0.1) is 5.82 Å². The highest BCUT2D eigenvalue weighted by Gasteiger charge is 2.10. The molecule has 3 heteroatoms. The van der Waals surface area contributed by atoms with E-state index in [1.54, 1.807) is 7.11 Å². The summed E-state index contributed by atoms with van der Waals surface area (Å²) in [7, 11) is 3.05. The molecule has 0 atom stereocenters. The zero-order chi connectivity index (χ0) is 9.84. The van der Waals surface area contributed by atoms with Gasteiger partial charge in [-0.1, -0.05) is 6.92 Å². The molecule has 0 aromatic heterocycles. The molecule has 13 heavy (non-hydrogen) atoms. The fraction of sp³-hybridized carbons (Fsp3) is 0.400. The molecule has 0 aliphatic rings. The predicted molar refractivity (Wildman–Crippen MR) is 48.9 cm³/mol. The maximum Gasteiger partial charge on any atom is 0.164 e. The van der Waals surface area contributed by atoms with Gasteiger partial charge in [-0.3, -0.25) is 0 Å². The number of benzene rings is 1. The fourth-order valence-electron chi connectivity index (χ4n) is 1.27. The van der Waals surface area contributed by atoms with Crippen molar-refractivity contribution in [2.24, 2.45) is 0 Å². The maximum absolute atomic E-state index is 13.0. The van der Waals surface area contributed by atoms with Crippen LogP contribution in [-0.2, 0) is 6.42 Å². The Balaban J connectivity index is 3.25. The number of rotatable bonds is 3. The topological polar surface area (TPSA) is 18.5 Å². The monoisotopic (exact) mass is 184 g/mol. The van der Waals surface area contributed by atoms with Gasteiger partial charge >= 0.3 is 0 Å². The van der Waals surface area contributed by atoms with Crippen LogP contribution in [0.2, 0.25) is 0 Å².